The van der Waals surface area contributed by atoms with Gasteiger partial charge in [-0.25, -0.2) is 9.00 Å². The molecule has 1 unspecified atom stereocenters. The predicted octanol–water partition coefficient (Wildman–Crippen LogP) is 3.69. The zero-order chi connectivity index (χ0) is 23.7. The number of nitriles is 1. The maximum Gasteiger partial charge on any atom is 0.442 e. The van der Waals surface area contributed by atoms with Gasteiger partial charge in [-0.1, -0.05) is 12.1 Å². The van der Waals surface area contributed by atoms with Crippen molar-refractivity contribution in [1.29, 1.82) is 5.26 Å². The Labute approximate surface area is 189 Å². The highest BCUT2D eigenvalue weighted by Gasteiger charge is 2.14. The smallest absolute Gasteiger partial charge is 0.442 e. The van der Waals surface area contributed by atoms with Gasteiger partial charge in [-0.2, -0.15) is 5.26 Å². The van der Waals surface area contributed by atoms with Gasteiger partial charge in [0.05, 0.1) is 41.4 Å². The second-order valence-electron chi connectivity index (χ2n) is 7.10. The van der Waals surface area contributed by atoms with Crippen molar-refractivity contribution in [3.63, 3.8) is 0 Å². The minimum atomic E-state index is -2.96. The number of anilines is 1. The summed E-state index contributed by atoms with van der Waals surface area (Å²) in [4.78, 5) is 14.0. The number of hydrogen-bond acceptors (Lipinski definition) is 8. The van der Waals surface area contributed by atoms with E-state index in [0.29, 0.717) is 34.3 Å². The van der Waals surface area contributed by atoms with Crippen LogP contribution < -0.4 is 14.8 Å². The third-order valence-corrected chi connectivity index (χ3v) is 5.88. The van der Waals surface area contributed by atoms with Crippen molar-refractivity contribution in [2.45, 2.75) is 18.4 Å². The molecule has 2 aromatic carbocycles. The molecule has 0 heterocycles. The van der Waals surface area contributed by atoms with Crippen molar-refractivity contribution >= 4 is 21.5 Å². The Bertz CT molecular complexity index is 1120. The Morgan fingerprint density at radius 2 is 2.00 bits per heavy atom. The van der Waals surface area contributed by atoms with Crippen molar-refractivity contribution in [1.82, 2.24) is 4.90 Å². The number of methoxy groups -OCH3 is 1. The first kappa shape index (κ1) is 25.0. The molecule has 2 rings (SSSR count). The average Bonchev–Trinajstić information content (AvgIpc) is 2.75. The van der Waals surface area contributed by atoms with Gasteiger partial charge in [0.2, 0.25) is 0 Å². The van der Waals surface area contributed by atoms with Crippen LogP contribution in [0.4, 0.5) is 10.5 Å². The van der Waals surface area contributed by atoms with E-state index in [4.69, 9.17) is 14.2 Å². The molecule has 1 atom stereocenters. The highest BCUT2D eigenvalue weighted by atomic mass is 32.2. The molecule has 0 spiro atoms. The van der Waals surface area contributed by atoms with Gasteiger partial charge in [-0.15, -0.1) is 4.36 Å². The SMILES string of the molecule is CCOC(=O)N=S(C)(=O)c1cccc(COc2cc(NCN(C)C)c(C#N)cc2OC)c1. The van der Waals surface area contributed by atoms with Crippen LogP contribution in [0.2, 0.25) is 0 Å². The lowest BCUT2D eigenvalue weighted by Gasteiger charge is -2.17. The number of hydrogen-bond donors (Lipinski definition) is 1. The van der Waals surface area contributed by atoms with Crippen molar-refractivity contribution in [2.75, 3.05) is 46.1 Å². The second kappa shape index (κ2) is 11.4. The number of ether oxygens (including phenoxy) is 3. The van der Waals surface area contributed by atoms with Crippen LogP contribution in [-0.2, 0) is 21.1 Å². The van der Waals surface area contributed by atoms with Crippen LogP contribution in [0, 0.1) is 11.3 Å². The first-order valence-electron chi connectivity index (χ1n) is 9.81. The summed E-state index contributed by atoms with van der Waals surface area (Å²) in [5, 5.41) is 12.6. The lowest BCUT2D eigenvalue weighted by molar-refractivity contribution is 0.164. The third kappa shape index (κ3) is 6.87. The molecular weight excluding hydrogens is 432 g/mol. The fraction of sp³-hybridized carbons (Fsp3) is 0.364. The van der Waals surface area contributed by atoms with Gasteiger partial charge in [0, 0.05) is 23.3 Å². The maximum absolute atomic E-state index is 12.9. The first-order chi connectivity index (χ1) is 15.2. The molecule has 10 heteroatoms. The fourth-order valence-electron chi connectivity index (χ4n) is 2.69. The summed E-state index contributed by atoms with van der Waals surface area (Å²) in [5.74, 6) is 0.872. The van der Waals surface area contributed by atoms with Gasteiger partial charge in [-0.3, -0.25) is 4.90 Å². The molecule has 0 bridgehead atoms. The van der Waals surface area contributed by atoms with Gasteiger partial charge in [0.25, 0.3) is 0 Å². The molecule has 0 aliphatic rings. The maximum atomic E-state index is 12.9. The van der Waals surface area contributed by atoms with E-state index >= 15 is 0 Å². The van der Waals surface area contributed by atoms with Crippen LogP contribution in [0.5, 0.6) is 11.5 Å². The molecule has 0 aliphatic carbocycles. The average molecular weight is 461 g/mol. The summed E-state index contributed by atoms with van der Waals surface area (Å²) < 4.78 is 32.6. The topological polar surface area (TPSA) is 113 Å². The molecule has 9 nitrogen and oxygen atoms in total. The monoisotopic (exact) mass is 460 g/mol. The van der Waals surface area contributed by atoms with Crippen LogP contribution in [0.15, 0.2) is 45.7 Å². The normalized spacial score (nSPS) is 12.4. The molecule has 0 saturated heterocycles. The Morgan fingerprint density at radius 1 is 1.25 bits per heavy atom. The third-order valence-electron chi connectivity index (χ3n) is 4.26. The van der Waals surface area contributed by atoms with E-state index < -0.39 is 15.8 Å². The molecule has 0 saturated carbocycles. The number of carbonyl (C=O) groups is 1. The predicted molar refractivity (Wildman–Crippen MR) is 122 cm³/mol. The van der Waals surface area contributed by atoms with Crippen molar-refractivity contribution in [3.05, 3.63) is 47.5 Å². The van der Waals surface area contributed by atoms with Crippen LogP contribution in [0.25, 0.3) is 0 Å². The fourth-order valence-corrected chi connectivity index (χ4v) is 3.83. The zero-order valence-electron chi connectivity index (χ0n) is 18.9. The Morgan fingerprint density at radius 3 is 2.62 bits per heavy atom. The van der Waals surface area contributed by atoms with Crippen LogP contribution in [0.1, 0.15) is 18.1 Å². The Balaban J connectivity index is 2.28. The molecule has 0 fully saturated rings. The molecule has 0 aliphatic heterocycles. The van der Waals surface area contributed by atoms with Gasteiger partial charge in [-0.05, 0) is 38.7 Å². The summed E-state index contributed by atoms with van der Waals surface area (Å²) >= 11 is 0. The summed E-state index contributed by atoms with van der Waals surface area (Å²) in [6.45, 7) is 2.50. The molecule has 32 heavy (non-hydrogen) atoms. The van der Waals surface area contributed by atoms with Crippen molar-refractivity contribution in [2.24, 2.45) is 4.36 Å². The zero-order valence-corrected chi connectivity index (χ0v) is 19.7. The first-order valence-corrected chi connectivity index (χ1v) is 11.7. The van der Waals surface area contributed by atoms with Crippen molar-refractivity contribution < 1.29 is 23.2 Å². The molecular formula is C22H28N4O5S. The lowest BCUT2D eigenvalue weighted by Crippen LogP contribution is -2.20. The van der Waals surface area contributed by atoms with Gasteiger partial charge in [0.15, 0.2) is 11.5 Å². The van der Waals surface area contributed by atoms with E-state index in [1.807, 2.05) is 25.1 Å². The van der Waals surface area contributed by atoms with E-state index in [0.717, 1.165) is 5.56 Å². The minimum absolute atomic E-state index is 0.151. The van der Waals surface area contributed by atoms with E-state index in [1.165, 1.54) is 13.4 Å². The number of benzene rings is 2. The second-order valence-corrected chi connectivity index (χ2v) is 9.36. The summed E-state index contributed by atoms with van der Waals surface area (Å²) in [6.07, 6.45) is 0.526. The van der Waals surface area contributed by atoms with E-state index in [1.54, 1.807) is 37.3 Å². The number of carbonyl (C=O) groups excluding carboxylic acids is 1. The van der Waals surface area contributed by atoms with E-state index in [9.17, 15) is 14.3 Å². The molecule has 1 N–H and O–H groups in total. The highest BCUT2D eigenvalue weighted by Crippen LogP contribution is 2.34. The number of rotatable bonds is 9. The van der Waals surface area contributed by atoms with E-state index in [-0.39, 0.29) is 13.2 Å². The largest absolute Gasteiger partial charge is 0.493 e. The van der Waals surface area contributed by atoms with Crippen LogP contribution in [-0.4, -0.2) is 55.9 Å². The number of amides is 1. The molecule has 2 aromatic rings. The van der Waals surface area contributed by atoms with E-state index in [2.05, 4.69) is 15.7 Å². The lowest BCUT2D eigenvalue weighted by atomic mass is 10.1. The summed E-state index contributed by atoms with van der Waals surface area (Å²) in [6, 6.07) is 12.3. The highest BCUT2D eigenvalue weighted by molar-refractivity contribution is 7.93. The van der Waals surface area contributed by atoms with Gasteiger partial charge in [0.1, 0.15) is 12.7 Å². The van der Waals surface area contributed by atoms with Crippen LogP contribution in [0.3, 0.4) is 0 Å². The van der Waals surface area contributed by atoms with Crippen LogP contribution >= 0.6 is 0 Å². The minimum Gasteiger partial charge on any atom is -0.493 e. The standard InChI is InChI=1S/C22H28N4O5S/c1-6-30-22(27)25-32(5,28)18-9-7-8-16(10-18)14-31-21-12-19(24-15-26(2)3)17(13-23)11-20(21)29-4/h7-12,24H,6,14-15H2,1-5H3. The molecule has 0 radical (unpaired) electrons. The van der Waals surface area contributed by atoms with Gasteiger partial charge >= 0.3 is 6.09 Å². The molecule has 1 amide bonds. The number of nitrogens with one attached hydrogen (secondary N) is 1. The summed E-state index contributed by atoms with van der Waals surface area (Å²) in [7, 11) is 2.36. The van der Waals surface area contributed by atoms with Crippen molar-refractivity contribution in [3.8, 4) is 17.6 Å². The summed E-state index contributed by atoms with van der Waals surface area (Å²) in [5.41, 5.74) is 1.78. The molecule has 172 valence electrons. The van der Waals surface area contributed by atoms with Gasteiger partial charge < -0.3 is 19.5 Å². The quantitative estimate of drug-likeness (QED) is 0.564. The Kier molecular flexibility index (Phi) is 8.87. The Hall–Kier alpha value is -3.29. The molecule has 0 aromatic heterocycles. The number of nitrogens with zero attached hydrogens (tertiary/aromatic N) is 3.